The van der Waals surface area contributed by atoms with Crippen molar-refractivity contribution in [2.45, 2.75) is 33.2 Å². The number of ether oxygens (including phenoxy) is 1. The summed E-state index contributed by atoms with van der Waals surface area (Å²) in [6.07, 6.45) is 0. The maximum atomic E-state index is 9.32. The molecule has 0 spiro atoms. The zero-order chi connectivity index (χ0) is 15.5. The molecule has 0 atom stereocenters. The van der Waals surface area contributed by atoms with Crippen LogP contribution in [0.4, 0.5) is 5.82 Å². The minimum absolute atomic E-state index is 0.0308. The molecule has 0 saturated carbocycles. The van der Waals surface area contributed by atoms with Gasteiger partial charge in [0.1, 0.15) is 11.6 Å². The minimum Gasteiger partial charge on any atom is -0.379 e. The largest absolute Gasteiger partial charge is 0.379 e. The third-order valence-corrected chi connectivity index (χ3v) is 4.12. The molecular weight excluding hydrogens is 266 g/mol. The van der Waals surface area contributed by atoms with Crippen molar-refractivity contribution in [3.05, 3.63) is 16.8 Å². The molecule has 0 unspecified atom stereocenters. The van der Waals surface area contributed by atoms with E-state index in [9.17, 15) is 5.26 Å². The summed E-state index contributed by atoms with van der Waals surface area (Å²) in [5, 5.41) is 20.8. The number of hydrogen-bond acceptors (Lipinski definition) is 6. The highest BCUT2D eigenvalue weighted by Crippen LogP contribution is 2.20. The molecule has 1 aromatic rings. The lowest BCUT2D eigenvalue weighted by Gasteiger charge is -2.41. The van der Waals surface area contributed by atoms with Crippen molar-refractivity contribution in [1.82, 2.24) is 15.1 Å². The van der Waals surface area contributed by atoms with Gasteiger partial charge in [0.25, 0.3) is 0 Å². The van der Waals surface area contributed by atoms with E-state index < -0.39 is 0 Å². The number of nitrogens with one attached hydrogen (secondary N) is 1. The fourth-order valence-electron chi connectivity index (χ4n) is 2.45. The van der Waals surface area contributed by atoms with Gasteiger partial charge >= 0.3 is 0 Å². The van der Waals surface area contributed by atoms with Gasteiger partial charge in [-0.1, -0.05) is 0 Å². The van der Waals surface area contributed by atoms with Crippen molar-refractivity contribution in [3.63, 3.8) is 0 Å². The number of aryl methyl sites for hydroxylation is 1. The average molecular weight is 289 g/mol. The van der Waals surface area contributed by atoms with Crippen molar-refractivity contribution in [1.29, 1.82) is 5.26 Å². The van der Waals surface area contributed by atoms with Crippen LogP contribution in [0.25, 0.3) is 0 Å². The molecule has 1 aromatic heterocycles. The van der Waals surface area contributed by atoms with E-state index in [-0.39, 0.29) is 5.54 Å². The van der Waals surface area contributed by atoms with Crippen molar-refractivity contribution in [2.24, 2.45) is 0 Å². The van der Waals surface area contributed by atoms with Gasteiger partial charge in [-0.05, 0) is 33.3 Å². The van der Waals surface area contributed by atoms with Gasteiger partial charge in [0.05, 0.1) is 18.9 Å². The second-order valence-electron chi connectivity index (χ2n) is 6.01. The predicted octanol–water partition coefficient (Wildman–Crippen LogP) is 1.49. The number of rotatable bonds is 4. The quantitative estimate of drug-likeness (QED) is 0.905. The first-order valence-corrected chi connectivity index (χ1v) is 7.26. The first-order valence-electron chi connectivity index (χ1n) is 7.26. The van der Waals surface area contributed by atoms with Crippen LogP contribution in [-0.4, -0.2) is 53.5 Å². The highest BCUT2D eigenvalue weighted by Gasteiger charge is 2.28. The van der Waals surface area contributed by atoms with E-state index in [1.807, 2.05) is 13.8 Å². The molecule has 21 heavy (non-hydrogen) atoms. The Balaban J connectivity index is 2.09. The minimum atomic E-state index is -0.0308. The van der Waals surface area contributed by atoms with Crippen LogP contribution in [0, 0.1) is 25.2 Å². The maximum absolute atomic E-state index is 9.32. The Hall–Kier alpha value is -1.71. The number of nitriles is 1. The van der Waals surface area contributed by atoms with Gasteiger partial charge in [-0.2, -0.15) is 10.4 Å². The number of morpholine rings is 1. The SMILES string of the molecule is Cc1nnc(NCC(C)(C)N2CCOCC2)c(C#N)c1C. The molecule has 1 saturated heterocycles. The predicted molar refractivity (Wildman–Crippen MR) is 81.2 cm³/mol. The van der Waals surface area contributed by atoms with Crippen LogP contribution in [0.1, 0.15) is 30.7 Å². The van der Waals surface area contributed by atoms with Gasteiger partial charge < -0.3 is 10.1 Å². The van der Waals surface area contributed by atoms with E-state index in [0.29, 0.717) is 17.9 Å². The number of hydrogen-bond donors (Lipinski definition) is 1. The second kappa shape index (κ2) is 6.37. The lowest BCUT2D eigenvalue weighted by Crippen LogP contribution is -2.53. The van der Waals surface area contributed by atoms with Gasteiger partial charge in [0.2, 0.25) is 0 Å². The Morgan fingerprint density at radius 1 is 1.29 bits per heavy atom. The summed E-state index contributed by atoms with van der Waals surface area (Å²) in [4.78, 5) is 2.39. The van der Waals surface area contributed by atoms with Gasteiger partial charge in [-0.15, -0.1) is 5.10 Å². The van der Waals surface area contributed by atoms with Crippen molar-refractivity contribution < 1.29 is 4.74 Å². The summed E-state index contributed by atoms with van der Waals surface area (Å²) in [7, 11) is 0. The summed E-state index contributed by atoms with van der Waals surface area (Å²) < 4.78 is 5.40. The first kappa shape index (κ1) is 15.7. The summed E-state index contributed by atoms with van der Waals surface area (Å²) in [6.45, 7) is 12.3. The highest BCUT2D eigenvalue weighted by molar-refractivity contribution is 5.55. The van der Waals surface area contributed by atoms with Crippen LogP contribution in [0.3, 0.4) is 0 Å². The van der Waals surface area contributed by atoms with Gasteiger partial charge in [0.15, 0.2) is 5.82 Å². The molecule has 0 aromatic carbocycles. The molecular formula is C15H23N5O. The monoisotopic (exact) mass is 289 g/mol. The molecule has 1 fully saturated rings. The molecule has 0 aliphatic carbocycles. The fourth-order valence-corrected chi connectivity index (χ4v) is 2.45. The van der Waals surface area contributed by atoms with Crippen molar-refractivity contribution in [3.8, 4) is 6.07 Å². The Morgan fingerprint density at radius 3 is 2.57 bits per heavy atom. The Bertz CT molecular complexity index is 544. The smallest absolute Gasteiger partial charge is 0.166 e. The lowest BCUT2D eigenvalue weighted by molar-refractivity contribution is -0.00571. The topological polar surface area (TPSA) is 74.1 Å². The van der Waals surface area contributed by atoms with E-state index in [2.05, 4.69) is 40.3 Å². The zero-order valence-corrected chi connectivity index (χ0v) is 13.2. The van der Waals surface area contributed by atoms with Crippen LogP contribution in [-0.2, 0) is 4.74 Å². The first-order chi connectivity index (χ1) is 9.95. The Kier molecular flexibility index (Phi) is 4.76. The van der Waals surface area contributed by atoms with E-state index in [4.69, 9.17) is 4.74 Å². The number of nitrogens with zero attached hydrogens (tertiary/aromatic N) is 4. The van der Waals surface area contributed by atoms with E-state index >= 15 is 0 Å². The summed E-state index contributed by atoms with van der Waals surface area (Å²) in [5.41, 5.74) is 2.24. The van der Waals surface area contributed by atoms with Crippen molar-refractivity contribution >= 4 is 5.82 Å². The number of aromatic nitrogens is 2. The second-order valence-corrected chi connectivity index (χ2v) is 6.01. The molecule has 6 heteroatoms. The normalized spacial score (nSPS) is 16.5. The molecule has 1 N–H and O–H groups in total. The van der Waals surface area contributed by atoms with Crippen LogP contribution in [0.5, 0.6) is 0 Å². The van der Waals surface area contributed by atoms with E-state index in [1.54, 1.807) is 0 Å². The van der Waals surface area contributed by atoms with Crippen molar-refractivity contribution in [2.75, 3.05) is 38.2 Å². The molecule has 0 amide bonds. The van der Waals surface area contributed by atoms with E-state index in [0.717, 1.165) is 37.6 Å². The van der Waals surface area contributed by atoms with Gasteiger partial charge in [-0.25, -0.2) is 0 Å². The van der Waals surface area contributed by atoms with Crippen LogP contribution in [0.2, 0.25) is 0 Å². The van der Waals surface area contributed by atoms with Crippen LogP contribution < -0.4 is 5.32 Å². The molecule has 2 heterocycles. The Labute approximate surface area is 126 Å². The molecule has 0 radical (unpaired) electrons. The number of anilines is 1. The van der Waals surface area contributed by atoms with Gasteiger partial charge in [0, 0.05) is 25.2 Å². The molecule has 1 aliphatic heterocycles. The molecule has 1 aliphatic rings. The molecule has 2 rings (SSSR count). The Morgan fingerprint density at radius 2 is 1.95 bits per heavy atom. The molecule has 114 valence electrons. The summed E-state index contributed by atoms with van der Waals surface area (Å²) in [5.74, 6) is 0.571. The fraction of sp³-hybridized carbons (Fsp3) is 0.667. The molecule has 0 bridgehead atoms. The van der Waals surface area contributed by atoms with Crippen LogP contribution in [0.15, 0.2) is 0 Å². The van der Waals surface area contributed by atoms with Crippen LogP contribution >= 0.6 is 0 Å². The summed E-state index contributed by atoms with van der Waals surface area (Å²) in [6, 6.07) is 2.22. The lowest BCUT2D eigenvalue weighted by atomic mass is 10.0. The zero-order valence-electron chi connectivity index (χ0n) is 13.2. The summed E-state index contributed by atoms with van der Waals surface area (Å²) >= 11 is 0. The standard InChI is InChI=1S/C15H23N5O/c1-11-12(2)18-19-14(13(11)9-16)17-10-15(3,4)20-5-7-21-8-6-20/h5-8,10H2,1-4H3,(H,17,19). The van der Waals surface area contributed by atoms with E-state index in [1.165, 1.54) is 0 Å². The highest BCUT2D eigenvalue weighted by atomic mass is 16.5. The van der Waals surface area contributed by atoms with Gasteiger partial charge in [-0.3, -0.25) is 4.90 Å². The third-order valence-electron chi connectivity index (χ3n) is 4.12. The molecule has 6 nitrogen and oxygen atoms in total. The maximum Gasteiger partial charge on any atom is 0.166 e. The average Bonchev–Trinajstić information content (AvgIpc) is 2.49. The third kappa shape index (κ3) is 3.49.